The fourth-order valence-electron chi connectivity index (χ4n) is 3.92. The van der Waals surface area contributed by atoms with Crippen LogP contribution >= 0.6 is 11.6 Å². The quantitative estimate of drug-likeness (QED) is 0.741. The lowest BCUT2D eigenvalue weighted by molar-refractivity contribution is -0.137. The molecule has 2 aliphatic rings. The van der Waals surface area contributed by atoms with Crippen LogP contribution in [0.4, 0.5) is 5.69 Å². The first-order valence-corrected chi connectivity index (χ1v) is 10.1. The number of furan rings is 1. The van der Waals surface area contributed by atoms with Gasteiger partial charge in [0, 0.05) is 44.2 Å². The molecule has 0 aliphatic carbocycles. The number of halogens is 1. The molecule has 2 fully saturated rings. The van der Waals surface area contributed by atoms with Crippen molar-refractivity contribution in [1.82, 2.24) is 9.80 Å². The predicted octanol–water partition coefficient (Wildman–Crippen LogP) is 2.28. The largest absolute Gasteiger partial charge is 0.495 e. The van der Waals surface area contributed by atoms with E-state index in [1.165, 1.54) is 13.4 Å². The molecule has 1 atom stereocenters. The molecule has 0 bridgehead atoms. The van der Waals surface area contributed by atoms with Crippen molar-refractivity contribution in [3.8, 4) is 5.75 Å². The van der Waals surface area contributed by atoms with Crippen molar-refractivity contribution < 1.29 is 23.5 Å². The van der Waals surface area contributed by atoms with Crippen LogP contribution < -0.4 is 9.64 Å². The van der Waals surface area contributed by atoms with E-state index in [2.05, 4.69) is 0 Å². The first kappa shape index (κ1) is 20.3. The lowest BCUT2D eigenvalue weighted by Gasteiger charge is -2.35. The van der Waals surface area contributed by atoms with Gasteiger partial charge in [0.1, 0.15) is 5.75 Å². The zero-order valence-electron chi connectivity index (χ0n) is 16.5. The maximum absolute atomic E-state index is 13.0. The van der Waals surface area contributed by atoms with Crippen LogP contribution in [0.15, 0.2) is 41.0 Å². The van der Waals surface area contributed by atoms with Gasteiger partial charge >= 0.3 is 0 Å². The van der Waals surface area contributed by atoms with Crippen LogP contribution in [-0.4, -0.2) is 67.4 Å². The number of methoxy groups -OCH3 is 1. The number of hydrogen-bond donors (Lipinski definition) is 0. The van der Waals surface area contributed by atoms with Gasteiger partial charge in [0.25, 0.3) is 5.91 Å². The minimum absolute atomic E-state index is 0.0723. The van der Waals surface area contributed by atoms with E-state index in [9.17, 15) is 14.4 Å². The minimum Gasteiger partial charge on any atom is -0.495 e. The first-order valence-electron chi connectivity index (χ1n) is 9.73. The van der Waals surface area contributed by atoms with Crippen LogP contribution in [0.25, 0.3) is 0 Å². The Morgan fingerprint density at radius 3 is 2.53 bits per heavy atom. The molecule has 158 valence electrons. The van der Waals surface area contributed by atoms with E-state index >= 15 is 0 Å². The smallest absolute Gasteiger partial charge is 0.289 e. The van der Waals surface area contributed by atoms with Gasteiger partial charge in [0.15, 0.2) is 5.76 Å². The molecule has 1 aromatic carbocycles. The summed E-state index contributed by atoms with van der Waals surface area (Å²) < 4.78 is 10.5. The van der Waals surface area contributed by atoms with E-state index < -0.39 is 5.92 Å². The Morgan fingerprint density at radius 1 is 1.13 bits per heavy atom. The van der Waals surface area contributed by atoms with E-state index in [4.69, 9.17) is 20.8 Å². The monoisotopic (exact) mass is 431 g/mol. The highest BCUT2D eigenvalue weighted by Crippen LogP contribution is 2.35. The maximum Gasteiger partial charge on any atom is 0.289 e. The summed E-state index contributed by atoms with van der Waals surface area (Å²) in [6.07, 6.45) is 1.60. The summed E-state index contributed by atoms with van der Waals surface area (Å²) in [5.74, 6) is 0.00144. The fraction of sp³-hybridized carbons (Fsp3) is 0.381. The zero-order valence-corrected chi connectivity index (χ0v) is 17.3. The average Bonchev–Trinajstić information content (AvgIpc) is 3.43. The molecular weight excluding hydrogens is 410 g/mol. The molecule has 2 aromatic rings. The molecule has 9 heteroatoms. The lowest BCUT2D eigenvalue weighted by Crippen LogP contribution is -2.52. The molecule has 0 N–H and O–H groups in total. The third-order valence-electron chi connectivity index (χ3n) is 5.52. The number of piperazine rings is 1. The van der Waals surface area contributed by atoms with Gasteiger partial charge in [-0.05, 0) is 30.3 Å². The molecule has 3 amide bonds. The highest BCUT2D eigenvalue weighted by atomic mass is 35.5. The van der Waals surface area contributed by atoms with E-state index in [0.29, 0.717) is 48.4 Å². The summed E-state index contributed by atoms with van der Waals surface area (Å²) in [6, 6.07) is 8.36. The predicted molar refractivity (Wildman–Crippen MR) is 110 cm³/mol. The molecule has 2 aliphatic heterocycles. The molecule has 0 spiro atoms. The van der Waals surface area contributed by atoms with Gasteiger partial charge in [-0.2, -0.15) is 0 Å². The fourth-order valence-corrected chi connectivity index (χ4v) is 4.09. The third-order valence-corrected chi connectivity index (χ3v) is 5.75. The third kappa shape index (κ3) is 3.87. The van der Waals surface area contributed by atoms with Crippen molar-refractivity contribution in [3.05, 3.63) is 47.4 Å². The number of amides is 3. The number of carbonyl (C=O) groups excluding carboxylic acids is 3. The zero-order chi connectivity index (χ0) is 21.3. The Labute approximate surface area is 178 Å². The molecule has 0 saturated carbocycles. The summed E-state index contributed by atoms with van der Waals surface area (Å²) in [5, 5.41) is 0.491. The van der Waals surface area contributed by atoms with Gasteiger partial charge in [-0.25, -0.2) is 0 Å². The maximum atomic E-state index is 13.0. The summed E-state index contributed by atoms with van der Waals surface area (Å²) in [4.78, 5) is 43.0. The van der Waals surface area contributed by atoms with Gasteiger partial charge < -0.3 is 23.9 Å². The van der Waals surface area contributed by atoms with E-state index in [1.807, 2.05) is 0 Å². The van der Waals surface area contributed by atoms with E-state index in [0.717, 1.165) is 0 Å². The average molecular weight is 432 g/mol. The SMILES string of the molecule is COc1ccc(Cl)cc1N1CC(C(=O)N2CCN(C(=O)c3ccco3)CC2)CC1=O. The number of benzene rings is 1. The molecule has 1 aromatic heterocycles. The molecule has 1 unspecified atom stereocenters. The highest BCUT2D eigenvalue weighted by molar-refractivity contribution is 6.31. The first-order chi connectivity index (χ1) is 14.5. The molecule has 2 saturated heterocycles. The van der Waals surface area contributed by atoms with Crippen molar-refractivity contribution in [1.29, 1.82) is 0 Å². The second kappa shape index (κ2) is 8.39. The second-order valence-corrected chi connectivity index (χ2v) is 7.75. The standard InChI is InChI=1S/C21H22ClN3O5/c1-29-17-5-4-15(22)12-16(17)25-13-14(11-19(25)26)20(27)23-6-8-24(9-7-23)21(28)18-3-2-10-30-18/h2-5,10,12,14H,6-9,11,13H2,1H3. The van der Waals surface area contributed by atoms with Crippen molar-refractivity contribution in [2.75, 3.05) is 44.7 Å². The Kier molecular flexibility index (Phi) is 5.67. The summed E-state index contributed by atoms with van der Waals surface area (Å²) in [6.45, 7) is 1.99. The van der Waals surface area contributed by atoms with Crippen molar-refractivity contribution in [2.45, 2.75) is 6.42 Å². The van der Waals surface area contributed by atoms with E-state index in [1.54, 1.807) is 45.0 Å². The second-order valence-electron chi connectivity index (χ2n) is 7.32. The van der Waals surface area contributed by atoms with Crippen LogP contribution in [0.1, 0.15) is 17.0 Å². The minimum atomic E-state index is -0.437. The van der Waals surface area contributed by atoms with Gasteiger partial charge in [-0.1, -0.05) is 11.6 Å². The molecule has 3 heterocycles. The van der Waals surface area contributed by atoms with Crippen LogP contribution in [0.3, 0.4) is 0 Å². The van der Waals surface area contributed by atoms with Crippen LogP contribution in [-0.2, 0) is 9.59 Å². The summed E-state index contributed by atoms with van der Waals surface area (Å²) in [5.41, 5.74) is 0.569. The molecule has 4 rings (SSSR count). The Morgan fingerprint density at radius 2 is 1.87 bits per heavy atom. The molecular formula is C21H22ClN3O5. The molecule has 0 radical (unpaired) electrons. The number of anilines is 1. The number of carbonyl (C=O) groups is 3. The highest BCUT2D eigenvalue weighted by Gasteiger charge is 2.39. The van der Waals surface area contributed by atoms with Crippen molar-refractivity contribution >= 4 is 35.0 Å². The lowest BCUT2D eigenvalue weighted by atomic mass is 10.1. The van der Waals surface area contributed by atoms with Gasteiger partial charge in [0.05, 0.1) is 25.0 Å². The Hall–Kier alpha value is -3.00. The summed E-state index contributed by atoms with van der Waals surface area (Å²) >= 11 is 6.09. The van der Waals surface area contributed by atoms with E-state index in [-0.39, 0.29) is 30.7 Å². The Bertz CT molecular complexity index is 954. The van der Waals surface area contributed by atoms with Crippen molar-refractivity contribution in [3.63, 3.8) is 0 Å². The van der Waals surface area contributed by atoms with Gasteiger partial charge in [-0.15, -0.1) is 0 Å². The normalized spacial score (nSPS) is 19.3. The topological polar surface area (TPSA) is 83.3 Å². The van der Waals surface area contributed by atoms with Crippen LogP contribution in [0.5, 0.6) is 5.75 Å². The number of rotatable bonds is 4. The summed E-state index contributed by atoms with van der Waals surface area (Å²) in [7, 11) is 1.53. The number of ether oxygens (including phenoxy) is 1. The van der Waals surface area contributed by atoms with Gasteiger partial charge in [0.2, 0.25) is 11.8 Å². The molecule has 30 heavy (non-hydrogen) atoms. The van der Waals surface area contributed by atoms with Crippen molar-refractivity contribution in [2.24, 2.45) is 5.92 Å². The molecule has 8 nitrogen and oxygen atoms in total. The van der Waals surface area contributed by atoms with Crippen LogP contribution in [0, 0.1) is 5.92 Å². The Balaban J connectivity index is 1.39. The van der Waals surface area contributed by atoms with Crippen LogP contribution in [0.2, 0.25) is 5.02 Å². The number of nitrogens with zero attached hydrogens (tertiary/aromatic N) is 3. The number of hydrogen-bond acceptors (Lipinski definition) is 5. The van der Waals surface area contributed by atoms with Gasteiger partial charge in [-0.3, -0.25) is 14.4 Å².